The van der Waals surface area contributed by atoms with Gasteiger partial charge in [0.15, 0.2) is 5.96 Å². The van der Waals surface area contributed by atoms with Gasteiger partial charge in [-0.05, 0) is 25.7 Å². The van der Waals surface area contributed by atoms with Crippen molar-refractivity contribution in [3.63, 3.8) is 0 Å². The molecule has 1 aliphatic carbocycles. The maximum atomic E-state index is 11.9. The van der Waals surface area contributed by atoms with Gasteiger partial charge in [0.2, 0.25) is 10.0 Å². The van der Waals surface area contributed by atoms with E-state index < -0.39 is 10.0 Å². The molecule has 2 rings (SSSR count). The summed E-state index contributed by atoms with van der Waals surface area (Å²) >= 11 is 1.62. The fourth-order valence-electron chi connectivity index (χ4n) is 2.18. The highest BCUT2D eigenvalue weighted by Crippen LogP contribution is 2.25. The SMILES string of the molecule is CN=C(NCCS(=O)(=O)NCC1CCC1)NCc1ncc(C)s1. The Morgan fingerprint density at radius 1 is 1.43 bits per heavy atom. The minimum atomic E-state index is -3.23. The van der Waals surface area contributed by atoms with Gasteiger partial charge < -0.3 is 10.6 Å². The molecule has 1 fully saturated rings. The molecule has 1 aromatic rings. The lowest BCUT2D eigenvalue weighted by atomic mass is 9.86. The van der Waals surface area contributed by atoms with E-state index >= 15 is 0 Å². The fourth-order valence-corrected chi connectivity index (χ4v) is 3.91. The van der Waals surface area contributed by atoms with Crippen LogP contribution >= 0.6 is 11.3 Å². The average Bonchev–Trinajstić information content (AvgIpc) is 2.86. The van der Waals surface area contributed by atoms with Crippen LogP contribution in [0.3, 0.4) is 0 Å². The minimum absolute atomic E-state index is 0.0385. The van der Waals surface area contributed by atoms with Crippen LogP contribution in [-0.4, -0.2) is 45.3 Å². The van der Waals surface area contributed by atoms with Crippen LogP contribution in [0.25, 0.3) is 0 Å². The van der Waals surface area contributed by atoms with Crippen LogP contribution < -0.4 is 15.4 Å². The molecular weight excluding hydrogens is 334 g/mol. The number of thiazole rings is 1. The Labute approximate surface area is 142 Å². The van der Waals surface area contributed by atoms with E-state index in [-0.39, 0.29) is 5.75 Å². The lowest BCUT2D eigenvalue weighted by Crippen LogP contribution is -2.41. The molecule has 23 heavy (non-hydrogen) atoms. The lowest BCUT2D eigenvalue weighted by molar-refractivity contribution is 0.316. The summed E-state index contributed by atoms with van der Waals surface area (Å²) in [6.07, 6.45) is 5.31. The molecule has 0 atom stereocenters. The van der Waals surface area contributed by atoms with E-state index in [0.717, 1.165) is 22.7 Å². The molecule has 130 valence electrons. The highest BCUT2D eigenvalue weighted by atomic mass is 32.2. The van der Waals surface area contributed by atoms with Gasteiger partial charge in [-0.1, -0.05) is 6.42 Å². The molecular formula is C14H25N5O2S2. The van der Waals surface area contributed by atoms with Crippen LogP contribution in [0.4, 0.5) is 0 Å². The second-order valence-corrected chi connectivity index (χ2v) is 8.93. The van der Waals surface area contributed by atoms with Crippen molar-refractivity contribution in [1.29, 1.82) is 0 Å². The van der Waals surface area contributed by atoms with Crippen LogP contribution in [0.5, 0.6) is 0 Å². The van der Waals surface area contributed by atoms with Gasteiger partial charge in [-0.25, -0.2) is 18.1 Å². The maximum Gasteiger partial charge on any atom is 0.213 e. The molecule has 0 aliphatic heterocycles. The van der Waals surface area contributed by atoms with Gasteiger partial charge in [-0.3, -0.25) is 4.99 Å². The molecule has 1 saturated carbocycles. The first kappa shape index (κ1) is 18.2. The minimum Gasteiger partial charge on any atom is -0.355 e. The summed E-state index contributed by atoms with van der Waals surface area (Å²) in [7, 11) is -1.57. The van der Waals surface area contributed by atoms with E-state index in [1.165, 1.54) is 6.42 Å². The van der Waals surface area contributed by atoms with Crippen molar-refractivity contribution in [2.45, 2.75) is 32.7 Å². The normalized spacial score (nSPS) is 16.2. The monoisotopic (exact) mass is 359 g/mol. The molecule has 0 radical (unpaired) electrons. The predicted molar refractivity (Wildman–Crippen MR) is 94.2 cm³/mol. The van der Waals surface area contributed by atoms with Crippen LogP contribution in [0.15, 0.2) is 11.2 Å². The molecule has 1 aromatic heterocycles. The molecule has 0 unspecified atom stereocenters. The number of aliphatic imine (C=N–C) groups is 1. The van der Waals surface area contributed by atoms with Gasteiger partial charge in [0.25, 0.3) is 0 Å². The number of hydrogen-bond donors (Lipinski definition) is 3. The zero-order valence-electron chi connectivity index (χ0n) is 13.6. The Kier molecular flexibility index (Phi) is 6.79. The maximum absolute atomic E-state index is 11.9. The number of sulfonamides is 1. The summed E-state index contributed by atoms with van der Waals surface area (Å²) in [4.78, 5) is 9.51. The fraction of sp³-hybridized carbons (Fsp3) is 0.714. The molecule has 0 bridgehead atoms. The Hall–Kier alpha value is -1.19. The molecule has 1 heterocycles. The third-order valence-electron chi connectivity index (χ3n) is 3.78. The molecule has 7 nitrogen and oxygen atoms in total. The van der Waals surface area contributed by atoms with E-state index in [1.54, 1.807) is 18.4 Å². The second-order valence-electron chi connectivity index (χ2n) is 5.68. The van der Waals surface area contributed by atoms with Gasteiger partial charge in [-0.15, -0.1) is 11.3 Å². The van der Waals surface area contributed by atoms with Crippen molar-refractivity contribution in [2.75, 3.05) is 25.9 Å². The zero-order valence-corrected chi connectivity index (χ0v) is 15.3. The molecule has 0 saturated heterocycles. The number of nitrogens with zero attached hydrogens (tertiary/aromatic N) is 2. The van der Waals surface area contributed by atoms with Crippen LogP contribution in [0.1, 0.15) is 29.1 Å². The van der Waals surface area contributed by atoms with Crippen molar-refractivity contribution in [3.8, 4) is 0 Å². The molecule has 9 heteroatoms. The first-order chi connectivity index (χ1) is 11.0. The summed E-state index contributed by atoms with van der Waals surface area (Å²) in [5, 5.41) is 7.11. The van der Waals surface area contributed by atoms with Crippen molar-refractivity contribution in [3.05, 3.63) is 16.1 Å². The number of guanidine groups is 1. The van der Waals surface area contributed by atoms with Gasteiger partial charge >= 0.3 is 0 Å². The van der Waals surface area contributed by atoms with Gasteiger partial charge in [0.05, 0.1) is 12.3 Å². The zero-order chi connectivity index (χ0) is 16.7. The smallest absolute Gasteiger partial charge is 0.213 e. The number of nitrogens with one attached hydrogen (secondary N) is 3. The summed E-state index contributed by atoms with van der Waals surface area (Å²) in [5.41, 5.74) is 0. The van der Waals surface area contributed by atoms with Crippen molar-refractivity contribution in [1.82, 2.24) is 20.3 Å². The van der Waals surface area contributed by atoms with E-state index in [9.17, 15) is 8.42 Å². The van der Waals surface area contributed by atoms with Gasteiger partial charge in [0, 0.05) is 31.2 Å². The van der Waals surface area contributed by atoms with Crippen LogP contribution in [-0.2, 0) is 16.6 Å². The highest BCUT2D eigenvalue weighted by molar-refractivity contribution is 7.89. The summed E-state index contributed by atoms with van der Waals surface area (Å²) in [5.74, 6) is 1.14. The highest BCUT2D eigenvalue weighted by Gasteiger charge is 2.20. The van der Waals surface area contributed by atoms with Crippen molar-refractivity contribution >= 4 is 27.3 Å². The van der Waals surface area contributed by atoms with Crippen LogP contribution in [0.2, 0.25) is 0 Å². The van der Waals surface area contributed by atoms with Gasteiger partial charge in [-0.2, -0.15) is 0 Å². The quantitative estimate of drug-likeness (QED) is 0.472. The lowest BCUT2D eigenvalue weighted by Gasteiger charge is -2.25. The summed E-state index contributed by atoms with van der Waals surface area (Å²) in [6, 6.07) is 0. The molecule has 1 aliphatic rings. The average molecular weight is 360 g/mol. The Bertz CT molecular complexity index is 623. The largest absolute Gasteiger partial charge is 0.355 e. The standard InChI is InChI=1S/C14H25N5O2S2/c1-11-8-17-13(22-11)10-18-14(15-2)16-6-7-23(20,21)19-9-12-4-3-5-12/h8,12,19H,3-7,9-10H2,1-2H3,(H2,15,16,18). The Balaban J connectivity index is 1.66. The first-order valence-electron chi connectivity index (χ1n) is 7.81. The molecule has 0 amide bonds. The van der Waals surface area contributed by atoms with Crippen LogP contribution in [0, 0.1) is 12.8 Å². The Morgan fingerprint density at radius 2 is 2.22 bits per heavy atom. The van der Waals surface area contributed by atoms with Crippen molar-refractivity contribution < 1.29 is 8.42 Å². The third kappa shape index (κ3) is 6.44. The molecule has 0 aromatic carbocycles. The number of aromatic nitrogens is 1. The third-order valence-corrected chi connectivity index (χ3v) is 6.04. The number of hydrogen-bond acceptors (Lipinski definition) is 5. The Morgan fingerprint density at radius 3 is 2.78 bits per heavy atom. The first-order valence-corrected chi connectivity index (χ1v) is 10.3. The molecule has 3 N–H and O–H groups in total. The van der Waals surface area contributed by atoms with E-state index in [4.69, 9.17) is 0 Å². The molecule has 0 spiro atoms. The van der Waals surface area contributed by atoms with E-state index in [0.29, 0.717) is 31.5 Å². The second kappa shape index (κ2) is 8.60. The summed E-state index contributed by atoms with van der Waals surface area (Å²) in [6.45, 7) is 3.47. The van der Waals surface area contributed by atoms with Crippen molar-refractivity contribution in [2.24, 2.45) is 10.9 Å². The summed E-state index contributed by atoms with van der Waals surface area (Å²) < 4.78 is 26.5. The van der Waals surface area contributed by atoms with E-state index in [1.807, 2.05) is 13.1 Å². The number of aryl methyl sites for hydroxylation is 1. The van der Waals surface area contributed by atoms with E-state index in [2.05, 4.69) is 25.3 Å². The van der Waals surface area contributed by atoms with Gasteiger partial charge in [0.1, 0.15) is 5.01 Å². The number of rotatable bonds is 8. The predicted octanol–water partition coefficient (Wildman–Crippen LogP) is 0.836. The topological polar surface area (TPSA) is 95.5 Å².